The second kappa shape index (κ2) is 8.37. The second-order valence-corrected chi connectivity index (χ2v) is 6.04. The Hall–Kier alpha value is -2.29. The van der Waals surface area contributed by atoms with Crippen LogP contribution in [0.5, 0.6) is 5.75 Å². The van der Waals surface area contributed by atoms with Crippen LogP contribution in [-0.2, 0) is 4.79 Å². The highest BCUT2D eigenvalue weighted by Crippen LogP contribution is 2.19. The summed E-state index contributed by atoms with van der Waals surface area (Å²) in [7, 11) is 0. The van der Waals surface area contributed by atoms with Crippen molar-refractivity contribution < 1.29 is 9.53 Å². The number of amides is 1. The van der Waals surface area contributed by atoms with E-state index < -0.39 is 0 Å². The average Bonchev–Trinajstić information content (AvgIpc) is 2.54. The zero-order valence-electron chi connectivity index (χ0n) is 14.1. The molecule has 0 fully saturated rings. The number of anilines is 1. The molecule has 2 aromatic carbocycles. The van der Waals surface area contributed by atoms with Crippen LogP contribution in [0.3, 0.4) is 0 Å². The van der Waals surface area contributed by atoms with E-state index >= 15 is 0 Å². The van der Waals surface area contributed by atoms with Crippen LogP contribution < -0.4 is 10.1 Å². The van der Waals surface area contributed by atoms with Gasteiger partial charge >= 0.3 is 0 Å². The fraction of sp³-hybridized carbons (Fsp3) is 0.350. The summed E-state index contributed by atoms with van der Waals surface area (Å²) >= 11 is 0. The predicted molar refractivity (Wildman–Crippen MR) is 95.1 cm³/mol. The largest absolute Gasteiger partial charge is 0.494 e. The highest BCUT2D eigenvalue weighted by atomic mass is 16.5. The molecule has 3 heteroatoms. The number of hydrogen-bond acceptors (Lipinski definition) is 2. The molecule has 0 bridgehead atoms. The van der Waals surface area contributed by atoms with Crippen molar-refractivity contribution in [2.75, 3.05) is 11.9 Å². The maximum Gasteiger partial charge on any atom is 0.224 e. The first-order valence-electron chi connectivity index (χ1n) is 8.14. The Morgan fingerprint density at radius 1 is 1.09 bits per heavy atom. The quantitative estimate of drug-likeness (QED) is 0.737. The summed E-state index contributed by atoms with van der Waals surface area (Å²) in [6, 6.07) is 15.9. The van der Waals surface area contributed by atoms with Gasteiger partial charge in [-0.3, -0.25) is 4.79 Å². The first kappa shape index (κ1) is 17.1. The molecule has 3 nitrogen and oxygen atoms in total. The minimum atomic E-state index is 0.0260. The van der Waals surface area contributed by atoms with Gasteiger partial charge in [0.2, 0.25) is 5.91 Å². The fourth-order valence-corrected chi connectivity index (χ4v) is 2.30. The maximum atomic E-state index is 11.9. The summed E-state index contributed by atoms with van der Waals surface area (Å²) in [6.45, 7) is 6.87. The normalized spacial score (nSPS) is 10.6. The van der Waals surface area contributed by atoms with Crippen molar-refractivity contribution in [3.05, 3.63) is 59.7 Å². The minimum Gasteiger partial charge on any atom is -0.494 e. The van der Waals surface area contributed by atoms with Gasteiger partial charge in [-0.25, -0.2) is 0 Å². The lowest BCUT2D eigenvalue weighted by Gasteiger charge is -2.10. The molecule has 0 saturated heterocycles. The van der Waals surface area contributed by atoms with Crippen molar-refractivity contribution in [1.82, 2.24) is 0 Å². The second-order valence-electron chi connectivity index (χ2n) is 6.04. The predicted octanol–water partition coefficient (Wildman–Crippen LogP) is 4.92. The molecule has 1 N–H and O–H groups in total. The third-order valence-corrected chi connectivity index (χ3v) is 3.78. The molecule has 0 spiro atoms. The SMILES string of the molecule is Cc1ccccc1NC(=O)CCCOc1ccc(C(C)C)cc1. The smallest absolute Gasteiger partial charge is 0.224 e. The van der Waals surface area contributed by atoms with E-state index in [9.17, 15) is 4.79 Å². The summed E-state index contributed by atoms with van der Waals surface area (Å²) in [5.74, 6) is 1.40. The van der Waals surface area contributed by atoms with E-state index in [1.165, 1.54) is 5.56 Å². The van der Waals surface area contributed by atoms with Crippen molar-refractivity contribution in [3.8, 4) is 5.75 Å². The number of benzene rings is 2. The van der Waals surface area contributed by atoms with Crippen molar-refractivity contribution >= 4 is 11.6 Å². The van der Waals surface area contributed by atoms with Crippen LogP contribution in [0.1, 0.15) is 43.7 Å². The average molecular weight is 311 g/mol. The van der Waals surface area contributed by atoms with Gasteiger partial charge < -0.3 is 10.1 Å². The molecule has 2 rings (SSSR count). The molecule has 0 unspecified atom stereocenters. The van der Waals surface area contributed by atoms with E-state index in [0.29, 0.717) is 25.4 Å². The van der Waals surface area contributed by atoms with Crippen LogP contribution in [-0.4, -0.2) is 12.5 Å². The number of hydrogen-bond donors (Lipinski definition) is 1. The maximum absolute atomic E-state index is 11.9. The van der Waals surface area contributed by atoms with Crippen LogP contribution >= 0.6 is 0 Å². The molecule has 0 aromatic heterocycles. The Bertz CT molecular complexity index is 632. The topological polar surface area (TPSA) is 38.3 Å². The van der Waals surface area contributed by atoms with Crippen LogP contribution in [0.4, 0.5) is 5.69 Å². The summed E-state index contributed by atoms with van der Waals surface area (Å²) < 4.78 is 5.69. The van der Waals surface area contributed by atoms with Crippen LogP contribution in [0.2, 0.25) is 0 Å². The van der Waals surface area contributed by atoms with Gasteiger partial charge in [0.05, 0.1) is 6.61 Å². The summed E-state index contributed by atoms with van der Waals surface area (Å²) in [6.07, 6.45) is 1.15. The van der Waals surface area contributed by atoms with Gasteiger partial charge in [-0.2, -0.15) is 0 Å². The molecule has 0 radical (unpaired) electrons. The molecule has 0 aliphatic rings. The van der Waals surface area contributed by atoms with Gasteiger partial charge in [-0.1, -0.05) is 44.2 Å². The third kappa shape index (κ3) is 5.44. The molecule has 2 aromatic rings. The number of nitrogens with one attached hydrogen (secondary N) is 1. The van der Waals surface area contributed by atoms with E-state index in [2.05, 4.69) is 31.3 Å². The van der Waals surface area contributed by atoms with E-state index in [1.54, 1.807) is 0 Å². The van der Waals surface area contributed by atoms with Gasteiger partial charge in [-0.15, -0.1) is 0 Å². The Kier molecular flexibility index (Phi) is 6.21. The molecule has 122 valence electrons. The number of carbonyl (C=O) groups is 1. The fourth-order valence-electron chi connectivity index (χ4n) is 2.30. The van der Waals surface area contributed by atoms with Gasteiger partial charge in [-0.05, 0) is 48.6 Å². The Morgan fingerprint density at radius 2 is 1.78 bits per heavy atom. The van der Waals surface area contributed by atoms with E-state index in [-0.39, 0.29) is 5.91 Å². The molecular formula is C20H25NO2. The van der Waals surface area contributed by atoms with Gasteiger partial charge in [0.1, 0.15) is 5.75 Å². The first-order chi connectivity index (χ1) is 11.1. The van der Waals surface area contributed by atoms with E-state index in [4.69, 9.17) is 4.74 Å². The molecular weight excluding hydrogens is 286 g/mol. The van der Waals surface area contributed by atoms with Crippen molar-refractivity contribution in [2.24, 2.45) is 0 Å². The van der Waals surface area contributed by atoms with E-state index in [1.807, 2.05) is 43.3 Å². The highest BCUT2D eigenvalue weighted by molar-refractivity contribution is 5.91. The first-order valence-corrected chi connectivity index (χ1v) is 8.14. The number of ether oxygens (including phenoxy) is 1. The van der Waals surface area contributed by atoms with Crippen molar-refractivity contribution in [1.29, 1.82) is 0 Å². The number of aryl methyl sites for hydroxylation is 1. The monoisotopic (exact) mass is 311 g/mol. The molecule has 0 heterocycles. The number of rotatable bonds is 7. The lowest BCUT2D eigenvalue weighted by molar-refractivity contribution is -0.116. The van der Waals surface area contributed by atoms with Crippen LogP contribution in [0.25, 0.3) is 0 Å². The zero-order chi connectivity index (χ0) is 16.7. The van der Waals surface area contributed by atoms with Gasteiger partial charge in [0, 0.05) is 12.1 Å². The van der Waals surface area contributed by atoms with E-state index in [0.717, 1.165) is 17.0 Å². The molecule has 0 aliphatic carbocycles. The standard InChI is InChI=1S/C20H25NO2/c1-15(2)17-10-12-18(13-11-17)23-14-6-9-20(22)21-19-8-5-4-7-16(19)3/h4-5,7-8,10-13,15H,6,9,14H2,1-3H3,(H,21,22). The van der Waals surface area contributed by atoms with Crippen molar-refractivity contribution in [2.45, 2.75) is 39.5 Å². The summed E-state index contributed by atoms with van der Waals surface area (Å²) in [5.41, 5.74) is 3.25. The molecule has 1 amide bonds. The lowest BCUT2D eigenvalue weighted by atomic mass is 10.0. The number of para-hydroxylation sites is 1. The Morgan fingerprint density at radius 3 is 2.43 bits per heavy atom. The van der Waals surface area contributed by atoms with Crippen molar-refractivity contribution in [3.63, 3.8) is 0 Å². The molecule has 0 saturated carbocycles. The molecule has 0 aliphatic heterocycles. The van der Waals surface area contributed by atoms with Crippen LogP contribution in [0.15, 0.2) is 48.5 Å². The zero-order valence-corrected chi connectivity index (χ0v) is 14.1. The highest BCUT2D eigenvalue weighted by Gasteiger charge is 2.04. The number of carbonyl (C=O) groups excluding carboxylic acids is 1. The molecule has 23 heavy (non-hydrogen) atoms. The summed E-state index contributed by atoms with van der Waals surface area (Å²) in [5, 5.41) is 2.93. The lowest BCUT2D eigenvalue weighted by Crippen LogP contribution is -2.13. The van der Waals surface area contributed by atoms with Gasteiger partial charge in [0.25, 0.3) is 0 Å². The Labute approximate surface area is 138 Å². The van der Waals surface area contributed by atoms with Crippen LogP contribution in [0, 0.1) is 6.92 Å². The minimum absolute atomic E-state index is 0.0260. The Balaban J connectivity index is 1.70. The summed E-state index contributed by atoms with van der Waals surface area (Å²) in [4.78, 5) is 11.9. The van der Waals surface area contributed by atoms with Gasteiger partial charge in [0.15, 0.2) is 0 Å². The third-order valence-electron chi connectivity index (χ3n) is 3.78. The molecule has 0 atom stereocenters.